The maximum absolute atomic E-state index is 12.0. The lowest BCUT2D eigenvalue weighted by atomic mass is 10.2. The van der Waals surface area contributed by atoms with Crippen molar-refractivity contribution in [3.63, 3.8) is 0 Å². The van der Waals surface area contributed by atoms with Crippen molar-refractivity contribution < 1.29 is 14.6 Å². The molecule has 0 aromatic heterocycles. The van der Waals surface area contributed by atoms with Crippen LogP contribution >= 0.6 is 24.0 Å². The molecule has 1 saturated heterocycles. The zero-order valence-electron chi connectivity index (χ0n) is 17.2. The first-order valence-electron chi connectivity index (χ1n) is 10.0. The Bertz CT molecular complexity index is 703. The van der Waals surface area contributed by atoms with E-state index >= 15 is 0 Å². The number of carbonyl (C=O) groups is 1. The SMILES string of the molecule is CCNC(=NCc1cccc(OC)c1O)N1CCN(CC(=O)NC2CC2)CC1.I. The van der Waals surface area contributed by atoms with Gasteiger partial charge in [-0.1, -0.05) is 12.1 Å². The van der Waals surface area contributed by atoms with Gasteiger partial charge in [-0.3, -0.25) is 9.69 Å². The highest BCUT2D eigenvalue weighted by atomic mass is 127. The Morgan fingerprint density at radius 3 is 2.62 bits per heavy atom. The third-order valence-electron chi connectivity index (χ3n) is 5.02. The molecule has 1 saturated carbocycles. The van der Waals surface area contributed by atoms with E-state index in [1.54, 1.807) is 6.07 Å². The fourth-order valence-electron chi connectivity index (χ4n) is 3.27. The molecule has 2 fully saturated rings. The Balaban J connectivity index is 0.00000300. The van der Waals surface area contributed by atoms with Gasteiger partial charge in [0, 0.05) is 44.3 Å². The van der Waals surface area contributed by atoms with Gasteiger partial charge in [0.05, 0.1) is 20.2 Å². The third-order valence-corrected chi connectivity index (χ3v) is 5.02. The van der Waals surface area contributed by atoms with E-state index in [2.05, 4.69) is 20.4 Å². The lowest BCUT2D eigenvalue weighted by molar-refractivity contribution is -0.122. The smallest absolute Gasteiger partial charge is 0.234 e. The van der Waals surface area contributed by atoms with Gasteiger partial charge in [-0.2, -0.15) is 0 Å². The maximum Gasteiger partial charge on any atom is 0.234 e. The van der Waals surface area contributed by atoms with Crippen LogP contribution in [0, 0.1) is 0 Å². The number of carbonyl (C=O) groups excluding carboxylic acids is 1. The molecule has 1 amide bonds. The van der Waals surface area contributed by atoms with Gasteiger partial charge < -0.3 is 25.4 Å². The molecule has 1 aliphatic carbocycles. The topological polar surface area (TPSA) is 89.4 Å². The fraction of sp³-hybridized carbons (Fsp3) is 0.600. The van der Waals surface area contributed by atoms with E-state index in [0.717, 1.165) is 57.1 Å². The van der Waals surface area contributed by atoms with Gasteiger partial charge in [-0.25, -0.2) is 4.99 Å². The number of hydrogen-bond acceptors (Lipinski definition) is 5. The molecule has 0 radical (unpaired) electrons. The molecule has 1 aromatic rings. The van der Waals surface area contributed by atoms with Gasteiger partial charge in [-0.15, -0.1) is 24.0 Å². The van der Waals surface area contributed by atoms with E-state index in [0.29, 0.717) is 24.9 Å². The largest absolute Gasteiger partial charge is 0.504 e. The minimum absolute atomic E-state index is 0. The lowest BCUT2D eigenvalue weighted by Crippen LogP contribution is -2.54. The minimum atomic E-state index is 0. The van der Waals surface area contributed by atoms with Crippen LogP contribution in [0.1, 0.15) is 25.3 Å². The van der Waals surface area contributed by atoms with Crippen molar-refractivity contribution in [3.8, 4) is 11.5 Å². The number of nitrogens with one attached hydrogen (secondary N) is 2. The van der Waals surface area contributed by atoms with E-state index < -0.39 is 0 Å². The highest BCUT2D eigenvalue weighted by Gasteiger charge is 2.26. The monoisotopic (exact) mass is 517 g/mol. The normalized spacial score (nSPS) is 17.4. The first-order valence-corrected chi connectivity index (χ1v) is 10.0. The Labute approximate surface area is 189 Å². The molecule has 2 aliphatic rings. The molecule has 3 rings (SSSR count). The molecule has 1 aliphatic heterocycles. The lowest BCUT2D eigenvalue weighted by Gasteiger charge is -2.36. The summed E-state index contributed by atoms with van der Waals surface area (Å²) in [4.78, 5) is 21.1. The van der Waals surface area contributed by atoms with Gasteiger partial charge >= 0.3 is 0 Å². The number of phenols is 1. The number of amides is 1. The molecule has 0 unspecified atom stereocenters. The number of piperazine rings is 1. The molecule has 1 heterocycles. The van der Waals surface area contributed by atoms with Crippen LogP contribution in [0.2, 0.25) is 0 Å². The number of ether oxygens (including phenoxy) is 1. The van der Waals surface area contributed by atoms with Crippen LogP contribution in [0.15, 0.2) is 23.2 Å². The summed E-state index contributed by atoms with van der Waals surface area (Å²) < 4.78 is 5.16. The van der Waals surface area contributed by atoms with Crippen molar-refractivity contribution in [2.24, 2.45) is 4.99 Å². The number of aromatic hydroxyl groups is 1. The summed E-state index contributed by atoms with van der Waals surface area (Å²) in [5.74, 6) is 1.55. The van der Waals surface area contributed by atoms with Crippen molar-refractivity contribution in [3.05, 3.63) is 23.8 Å². The highest BCUT2D eigenvalue weighted by Crippen LogP contribution is 2.29. The predicted molar refractivity (Wildman–Crippen MR) is 124 cm³/mol. The number of guanidine groups is 1. The summed E-state index contributed by atoms with van der Waals surface area (Å²) in [5.41, 5.74) is 0.727. The Morgan fingerprint density at radius 1 is 1.28 bits per heavy atom. The number of para-hydroxylation sites is 1. The number of rotatable bonds is 7. The summed E-state index contributed by atoms with van der Waals surface area (Å²) in [6.45, 7) is 6.92. The predicted octanol–water partition coefficient (Wildman–Crippen LogP) is 1.38. The molecule has 29 heavy (non-hydrogen) atoms. The average molecular weight is 517 g/mol. The van der Waals surface area contributed by atoms with Crippen LogP contribution in [-0.2, 0) is 11.3 Å². The molecule has 1 aromatic carbocycles. The second-order valence-corrected chi connectivity index (χ2v) is 7.24. The zero-order valence-corrected chi connectivity index (χ0v) is 19.5. The molecular formula is C20H32IN5O3. The van der Waals surface area contributed by atoms with E-state index in [1.807, 2.05) is 19.1 Å². The summed E-state index contributed by atoms with van der Waals surface area (Å²) in [6, 6.07) is 5.84. The highest BCUT2D eigenvalue weighted by molar-refractivity contribution is 14.0. The zero-order chi connectivity index (χ0) is 19.9. The van der Waals surface area contributed by atoms with E-state index in [4.69, 9.17) is 9.73 Å². The maximum atomic E-state index is 12.0. The van der Waals surface area contributed by atoms with Crippen molar-refractivity contribution in [1.82, 2.24) is 20.4 Å². The van der Waals surface area contributed by atoms with E-state index in [1.165, 1.54) is 7.11 Å². The summed E-state index contributed by atoms with van der Waals surface area (Å²) in [5, 5.41) is 16.6. The average Bonchev–Trinajstić information content (AvgIpc) is 3.50. The van der Waals surface area contributed by atoms with Crippen molar-refractivity contribution in [2.45, 2.75) is 32.4 Å². The van der Waals surface area contributed by atoms with Crippen molar-refractivity contribution >= 4 is 35.8 Å². The van der Waals surface area contributed by atoms with Crippen molar-refractivity contribution in [2.75, 3.05) is 46.4 Å². The third kappa shape index (κ3) is 6.91. The van der Waals surface area contributed by atoms with Crippen LogP contribution in [0.5, 0.6) is 11.5 Å². The van der Waals surface area contributed by atoms with Crippen LogP contribution in [0.25, 0.3) is 0 Å². The Kier molecular flexibility index (Phi) is 9.28. The number of nitrogens with zero attached hydrogens (tertiary/aromatic N) is 3. The Hall–Kier alpha value is -1.75. The van der Waals surface area contributed by atoms with Gasteiger partial charge in [0.1, 0.15) is 0 Å². The number of benzene rings is 1. The number of phenolic OH excluding ortho intramolecular Hbond substituents is 1. The molecule has 0 bridgehead atoms. The molecular weight excluding hydrogens is 485 g/mol. The number of halogens is 1. The molecule has 162 valence electrons. The van der Waals surface area contributed by atoms with Gasteiger partial charge in [0.2, 0.25) is 5.91 Å². The summed E-state index contributed by atoms with van der Waals surface area (Å²) in [6.07, 6.45) is 2.23. The number of methoxy groups -OCH3 is 1. The fourth-order valence-corrected chi connectivity index (χ4v) is 3.27. The number of aliphatic imine (C=N–C) groups is 1. The second kappa shape index (κ2) is 11.4. The van der Waals surface area contributed by atoms with E-state index in [-0.39, 0.29) is 35.6 Å². The second-order valence-electron chi connectivity index (χ2n) is 7.24. The summed E-state index contributed by atoms with van der Waals surface area (Å²) >= 11 is 0. The first-order chi connectivity index (χ1) is 13.6. The summed E-state index contributed by atoms with van der Waals surface area (Å²) in [7, 11) is 1.54. The molecule has 0 atom stereocenters. The molecule has 9 heteroatoms. The van der Waals surface area contributed by atoms with Gasteiger partial charge in [0.25, 0.3) is 0 Å². The standard InChI is InChI=1S/C20H31N5O3.HI/c1-3-21-20(22-13-15-5-4-6-17(28-2)19(15)27)25-11-9-24(10-12-25)14-18(26)23-16-7-8-16;/h4-6,16,27H,3,7-14H2,1-2H3,(H,21,22)(H,23,26);1H. The van der Waals surface area contributed by atoms with Gasteiger partial charge in [-0.05, 0) is 25.8 Å². The molecule has 3 N–H and O–H groups in total. The van der Waals surface area contributed by atoms with Crippen LogP contribution in [0.4, 0.5) is 0 Å². The van der Waals surface area contributed by atoms with Crippen molar-refractivity contribution in [1.29, 1.82) is 0 Å². The first kappa shape index (κ1) is 23.5. The van der Waals surface area contributed by atoms with Crippen LogP contribution < -0.4 is 15.4 Å². The molecule has 0 spiro atoms. The van der Waals surface area contributed by atoms with Gasteiger partial charge in [0.15, 0.2) is 17.5 Å². The Morgan fingerprint density at radius 2 is 2.00 bits per heavy atom. The number of hydrogen-bond donors (Lipinski definition) is 3. The van der Waals surface area contributed by atoms with Crippen LogP contribution in [0.3, 0.4) is 0 Å². The molecule has 8 nitrogen and oxygen atoms in total. The van der Waals surface area contributed by atoms with E-state index in [9.17, 15) is 9.90 Å². The van der Waals surface area contributed by atoms with Crippen LogP contribution in [-0.4, -0.2) is 79.2 Å². The quantitative estimate of drug-likeness (QED) is 0.288. The minimum Gasteiger partial charge on any atom is -0.504 e.